The van der Waals surface area contributed by atoms with E-state index < -0.39 is 0 Å². The van der Waals surface area contributed by atoms with Gasteiger partial charge in [0.15, 0.2) is 0 Å². The van der Waals surface area contributed by atoms with Crippen LogP contribution in [0.15, 0.2) is 0 Å². The van der Waals surface area contributed by atoms with E-state index in [0.29, 0.717) is 0 Å². The molecule has 0 fully saturated rings. The van der Waals surface area contributed by atoms with Crippen LogP contribution in [0.2, 0.25) is 21.1 Å². The fourth-order valence-corrected chi connectivity index (χ4v) is 1.73. The first-order valence-electron chi connectivity index (χ1n) is 6.95. The zero-order chi connectivity index (χ0) is 14.4. The third-order valence-corrected chi connectivity index (χ3v) is 3.67. The Labute approximate surface area is 123 Å². The summed E-state index contributed by atoms with van der Waals surface area (Å²) in [5.41, 5.74) is 0. The first-order valence-corrected chi connectivity index (χ1v) is 10.2. The summed E-state index contributed by atoms with van der Waals surface area (Å²) in [4.78, 5) is 0. The minimum atomic E-state index is 0. The fourth-order valence-electron chi connectivity index (χ4n) is 0.577. The van der Waals surface area contributed by atoms with Gasteiger partial charge in [-0.25, -0.2) is 0 Å². The number of rotatable bonds is 5. The Morgan fingerprint density at radius 1 is 0.647 bits per heavy atom. The minimum absolute atomic E-state index is 0. The van der Waals surface area contributed by atoms with Gasteiger partial charge in [-0.2, -0.15) is 0 Å². The molecule has 102 valence electrons. The molecule has 2 nitrogen and oxygen atoms in total. The van der Waals surface area contributed by atoms with Crippen molar-refractivity contribution in [3.05, 3.63) is 0 Å². The topological polar surface area (TPSA) is 46.1 Å². The third-order valence-electron chi connectivity index (χ3n) is 1.36. The first kappa shape index (κ1) is 26.5. The molecule has 17 heavy (non-hydrogen) atoms. The van der Waals surface area contributed by atoms with E-state index in [1.807, 2.05) is 6.92 Å². The van der Waals surface area contributed by atoms with Gasteiger partial charge in [0, 0.05) is 0 Å². The molecule has 0 aliphatic heterocycles. The molecule has 0 bridgehead atoms. The van der Waals surface area contributed by atoms with E-state index in [9.17, 15) is 5.11 Å². The molecule has 0 saturated heterocycles. The molecule has 0 heterocycles. The summed E-state index contributed by atoms with van der Waals surface area (Å²) in [5.74, 6) is 0. The van der Waals surface area contributed by atoms with Gasteiger partial charge >= 0.3 is 79.3 Å². The molecule has 4 heteroatoms. The van der Waals surface area contributed by atoms with Gasteiger partial charge in [-0.1, -0.05) is 20.3 Å². The van der Waals surface area contributed by atoms with Gasteiger partial charge < -0.3 is 10.2 Å². The molecule has 0 unspecified atom stereocenters. The van der Waals surface area contributed by atoms with Crippen LogP contribution in [0.4, 0.5) is 0 Å². The van der Waals surface area contributed by atoms with Crippen LogP contribution in [-0.4, -0.2) is 43.7 Å². The van der Waals surface area contributed by atoms with Crippen LogP contribution in [0, 0.1) is 0 Å². The molecule has 0 rings (SSSR count). The maximum absolute atomic E-state index is 9.30. The molecular weight excluding hydrogens is 242 g/mol. The average Bonchev–Trinajstić information content (AvgIpc) is 2.33. The molecule has 0 aromatic rings. The number of hydrogen-bond donors (Lipinski definition) is 0. The van der Waals surface area contributed by atoms with E-state index in [2.05, 4.69) is 27.7 Å². The molecule has 0 amide bonds. The molecule has 0 aromatic carbocycles. The van der Waals surface area contributed by atoms with Crippen LogP contribution in [0.3, 0.4) is 0 Å². The molecule has 0 saturated carbocycles. The SMILES string of the molecule is CCC[O-].CC[O-].C[CH2][Al+][CH2]C.C[CH2][Al+][CH2]C. The maximum atomic E-state index is 9.30. The molecule has 0 aliphatic rings. The van der Waals surface area contributed by atoms with Crippen LogP contribution in [0.25, 0.3) is 0 Å². The summed E-state index contributed by atoms with van der Waals surface area (Å²) in [5, 5.41) is 23.9. The van der Waals surface area contributed by atoms with E-state index in [4.69, 9.17) is 5.11 Å². The van der Waals surface area contributed by atoms with Crippen molar-refractivity contribution < 1.29 is 10.2 Å². The van der Waals surface area contributed by atoms with Gasteiger partial charge in [0.2, 0.25) is 0 Å². The standard InChI is InChI=1S/C3H7O.C2H5O.4C2H5.2Al/c1-2-3-4;1-2-3;4*1-2;;/h2-3H2,1H3;2H2,1H3;4*1H2,2H3;;/q2*-1;;;;;2*+1. The Morgan fingerprint density at radius 2 is 0.824 bits per heavy atom. The summed E-state index contributed by atoms with van der Waals surface area (Å²) in [6.07, 6.45) is 0.764. The van der Waals surface area contributed by atoms with Crippen LogP contribution >= 0.6 is 0 Å². The quantitative estimate of drug-likeness (QED) is 0.722. The van der Waals surface area contributed by atoms with Gasteiger partial charge in [-0.05, 0) is 0 Å². The second-order valence-electron chi connectivity index (χ2n) is 3.20. The van der Waals surface area contributed by atoms with Crippen molar-refractivity contribution in [2.75, 3.05) is 13.2 Å². The van der Waals surface area contributed by atoms with Gasteiger partial charge in [0.25, 0.3) is 0 Å². The van der Waals surface area contributed by atoms with Crippen molar-refractivity contribution in [2.24, 2.45) is 0 Å². The zero-order valence-electron chi connectivity index (χ0n) is 12.9. The normalized spacial score (nSPS) is 6.82. The summed E-state index contributed by atoms with van der Waals surface area (Å²) >= 11 is 1.63. The van der Waals surface area contributed by atoms with Crippen LogP contribution in [0.5, 0.6) is 0 Å². The zero-order valence-corrected chi connectivity index (χ0v) is 15.2. The Bertz CT molecular complexity index is 62.4. The van der Waals surface area contributed by atoms with Crippen LogP contribution in [0.1, 0.15) is 48.0 Å². The van der Waals surface area contributed by atoms with Crippen molar-refractivity contribution in [3.8, 4) is 0 Å². The van der Waals surface area contributed by atoms with Gasteiger partial charge in [-0.3, -0.25) is 0 Å². The van der Waals surface area contributed by atoms with Gasteiger partial charge in [0.1, 0.15) is 0 Å². The predicted molar refractivity (Wildman–Crippen MR) is 79.1 cm³/mol. The molecule has 0 radical (unpaired) electrons. The van der Waals surface area contributed by atoms with Gasteiger partial charge in [0.05, 0.1) is 0 Å². The fraction of sp³-hybridized carbons (Fsp3) is 1.00. The predicted octanol–water partition coefficient (Wildman–Crippen LogP) is 2.26. The Kier molecular flexibility index (Phi) is 67.9. The molecule has 0 aromatic heterocycles. The summed E-state index contributed by atoms with van der Waals surface area (Å²) in [6.45, 7) is 12.5. The molecule has 0 spiro atoms. The van der Waals surface area contributed by atoms with Crippen LogP contribution < -0.4 is 10.2 Å². The van der Waals surface area contributed by atoms with Crippen molar-refractivity contribution in [1.82, 2.24) is 0 Å². The monoisotopic (exact) mass is 274 g/mol. The van der Waals surface area contributed by atoms with E-state index in [1.165, 1.54) is 21.1 Å². The first-order chi connectivity index (χ1) is 8.16. The molecular formula is C13H32Al2O2. The van der Waals surface area contributed by atoms with Crippen LogP contribution in [-0.2, 0) is 0 Å². The third kappa shape index (κ3) is 106. The van der Waals surface area contributed by atoms with Gasteiger partial charge in [-0.15, -0.1) is 13.2 Å². The molecule has 0 aliphatic carbocycles. The summed E-state index contributed by atoms with van der Waals surface area (Å²) in [7, 11) is 0. The second kappa shape index (κ2) is 43.5. The second-order valence-corrected chi connectivity index (χ2v) is 7.62. The Balaban J connectivity index is -0.0000000676. The number of hydrogen-bond acceptors (Lipinski definition) is 2. The summed E-state index contributed by atoms with van der Waals surface area (Å²) < 4.78 is 0. The van der Waals surface area contributed by atoms with E-state index in [1.54, 1.807) is 6.92 Å². The van der Waals surface area contributed by atoms with E-state index >= 15 is 0 Å². The van der Waals surface area contributed by atoms with Crippen molar-refractivity contribution in [1.29, 1.82) is 0 Å². The molecule has 0 atom stereocenters. The van der Waals surface area contributed by atoms with E-state index in [-0.39, 0.29) is 13.2 Å². The van der Waals surface area contributed by atoms with Crippen molar-refractivity contribution in [3.63, 3.8) is 0 Å². The van der Waals surface area contributed by atoms with E-state index in [0.717, 1.165) is 36.9 Å². The Hall–Kier alpha value is 0.985. The van der Waals surface area contributed by atoms with Crippen molar-refractivity contribution in [2.45, 2.75) is 69.1 Å². The van der Waals surface area contributed by atoms with Crippen molar-refractivity contribution >= 4 is 30.4 Å². The average molecular weight is 274 g/mol. The summed E-state index contributed by atoms with van der Waals surface area (Å²) in [6, 6.07) is 0. The molecule has 0 N–H and O–H groups in total. The Morgan fingerprint density at radius 3 is 0.824 bits per heavy atom.